The highest BCUT2D eigenvalue weighted by Crippen LogP contribution is 2.38. The van der Waals surface area contributed by atoms with Crippen LogP contribution >= 0.6 is 0 Å². The molecule has 2 fully saturated rings. The molecule has 1 N–H and O–H groups in total. The third-order valence-electron chi connectivity index (χ3n) is 5.66. The first-order chi connectivity index (χ1) is 12.7. The van der Waals surface area contributed by atoms with E-state index in [0.29, 0.717) is 23.8 Å². The fourth-order valence-corrected chi connectivity index (χ4v) is 4.33. The Balaban J connectivity index is 1.67. The largest absolute Gasteiger partial charge is 0.493 e. The predicted molar refractivity (Wildman–Crippen MR) is 103 cm³/mol. The van der Waals surface area contributed by atoms with E-state index in [1.807, 2.05) is 19.2 Å². The molecule has 1 saturated heterocycles. The number of nitrogens with zero attached hydrogens (tertiary/aromatic N) is 2. The van der Waals surface area contributed by atoms with Crippen LogP contribution in [0.1, 0.15) is 31.2 Å². The van der Waals surface area contributed by atoms with Gasteiger partial charge in [-0.1, -0.05) is 12.8 Å². The molecule has 1 aliphatic carbocycles. The van der Waals surface area contributed by atoms with E-state index < -0.39 is 0 Å². The van der Waals surface area contributed by atoms with Crippen molar-refractivity contribution in [1.82, 2.24) is 10.2 Å². The molecule has 1 aromatic rings. The Morgan fingerprint density at radius 2 is 1.62 bits per heavy atom. The molecule has 2 aliphatic rings. The third kappa shape index (κ3) is 3.84. The van der Waals surface area contributed by atoms with Crippen molar-refractivity contribution in [2.75, 3.05) is 41.5 Å². The van der Waals surface area contributed by atoms with Gasteiger partial charge in [-0.25, -0.2) is 0 Å². The van der Waals surface area contributed by atoms with E-state index in [1.54, 1.807) is 21.3 Å². The minimum absolute atomic E-state index is 0.617. The van der Waals surface area contributed by atoms with E-state index in [0.717, 1.165) is 36.4 Å². The number of methoxy groups -OCH3 is 3. The summed E-state index contributed by atoms with van der Waals surface area (Å²) in [6.07, 6.45) is 5.50. The zero-order valence-corrected chi connectivity index (χ0v) is 16.4. The molecule has 0 amide bonds. The van der Waals surface area contributed by atoms with E-state index in [-0.39, 0.29) is 0 Å². The number of hydrogen-bond acceptors (Lipinski definition) is 4. The smallest absolute Gasteiger partial charge is 0.203 e. The molecule has 3 rings (SSSR count). The van der Waals surface area contributed by atoms with E-state index in [4.69, 9.17) is 14.2 Å². The SMILES string of the molecule is CN=C(NCc1cc(OC)c(OC)c(OC)c1)N1CC2CCCCC2C1. The van der Waals surface area contributed by atoms with Gasteiger partial charge >= 0.3 is 0 Å². The van der Waals surface area contributed by atoms with Crippen molar-refractivity contribution in [2.45, 2.75) is 32.2 Å². The molecule has 0 radical (unpaired) electrons. The average Bonchev–Trinajstić information content (AvgIpc) is 3.11. The number of ether oxygens (including phenoxy) is 3. The summed E-state index contributed by atoms with van der Waals surface area (Å²) in [5.41, 5.74) is 1.07. The second-order valence-electron chi connectivity index (χ2n) is 7.14. The normalized spacial score (nSPS) is 22.8. The Morgan fingerprint density at radius 1 is 1.04 bits per heavy atom. The molecule has 1 saturated carbocycles. The highest BCUT2D eigenvalue weighted by Gasteiger charge is 2.35. The minimum Gasteiger partial charge on any atom is -0.493 e. The minimum atomic E-state index is 0.617. The molecule has 144 valence electrons. The second kappa shape index (κ2) is 8.52. The topological polar surface area (TPSA) is 55.3 Å². The molecule has 6 nitrogen and oxygen atoms in total. The molecule has 6 heteroatoms. The van der Waals surface area contributed by atoms with Gasteiger partial charge in [0.05, 0.1) is 21.3 Å². The lowest BCUT2D eigenvalue weighted by Gasteiger charge is -2.22. The number of aliphatic imine (C=N–C) groups is 1. The van der Waals surface area contributed by atoms with Gasteiger partial charge in [-0.15, -0.1) is 0 Å². The molecule has 26 heavy (non-hydrogen) atoms. The third-order valence-corrected chi connectivity index (χ3v) is 5.66. The number of hydrogen-bond donors (Lipinski definition) is 1. The standard InChI is InChI=1S/C20H31N3O3/c1-21-20(23-12-15-7-5-6-8-16(15)13-23)22-11-14-9-17(24-2)19(26-4)18(10-14)25-3/h9-10,15-16H,5-8,11-13H2,1-4H3,(H,21,22). The maximum absolute atomic E-state index is 5.44. The summed E-state index contributed by atoms with van der Waals surface area (Å²) in [6.45, 7) is 2.91. The van der Waals surface area contributed by atoms with Crippen molar-refractivity contribution in [3.8, 4) is 17.2 Å². The Kier molecular flexibility index (Phi) is 6.12. The monoisotopic (exact) mass is 361 g/mol. The first kappa shape index (κ1) is 18.7. The summed E-state index contributed by atoms with van der Waals surface area (Å²) in [6, 6.07) is 3.96. The van der Waals surface area contributed by atoms with Crippen molar-refractivity contribution in [3.05, 3.63) is 17.7 Å². The van der Waals surface area contributed by atoms with E-state index in [1.165, 1.54) is 25.7 Å². The quantitative estimate of drug-likeness (QED) is 0.646. The first-order valence-corrected chi connectivity index (χ1v) is 9.44. The van der Waals surface area contributed by atoms with Gasteiger partial charge in [0, 0.05) is 26.7 Å². The van der Waals surface area contributed by atoms with Gasteiger partial charge in [0.2, 0.25) is 5.75 Å². The summed E-state index contributed by atoms with van der Waals surface area (Å²) in [4.78, 5) is 6.92. The van der Waals surface area contributed by atoms with Crippen LogP contribution < -0.4 is 19.5 Å². The van der Waals surface area contributed by atoms with Gasteiger partial charge in [-0.2, -0.15) is 0 Å². The summed E-state index contributed by atoms with van der Waals surface area (Å²) in [7, 11) is 6.76. The zero-order valence-electron chi connectivity index (χ0n) is 16.4. The van der Waals surface area contributed by atoms with E-state index in [2.05, 4.69) is 15.2 Å². The molecule has 1 heterocycles. The summed E-state index contributed by atoms with van der Waals surface area (Å²) in [5.74, 6) is 4.61. The molecular formula is C20H31N3O3. The van der Waals surface area contributed by atoms with Crippen molar-refractivity contribution in [2.24, 2.45) is 16.8 Å². The van der Waals surface area contributed by atoms with Gasteiger partial charge in [-0.3, -0.25) is 4.99 Å². The molecule has 2 atom stereocenters. The zero-order chi connectivity index (χ0) is 18.5. The molecule has 0 aromatic heterocycles. The van der Waals surface area contributed by atoms with Crippen molar-refractivity contribution < 1.29 is 14.2 Å². The Labute approximate surface area is 156 Å². The molecule has 1 aromatic carbocycles. The number of benzene rings is 1. The van der Waals surface area contributed by atoms with Crippen LogP contribution in [0.3, 0.4) is 0 Å². The van der Waals surface area contributed by atoms with Crippen LogP contribution in [-0.2, 0) is 6.54 Å². The summed E-state index contributed by atoms with van der Waals surface area (Å²) < 4.78 is 16.3. The number of likely N-dealkylation sites (tertiary alicyclic amines) is 1. The van der Waals surface area contributed by atoms with Gasteiger partial charge < -0.3 is 24.4 Å². The lowest BCUT2D eigenvalue weighted by molar-refractivity contribution is 0.299. The van der Waals surface area contributed by atoms with Crippen LogP contribution in [0.25, 0.3) is 0 Å². The fourth-order valence-electron chi connectivity index (χ4n) is 4.33. The first-order valence-electron chi connectivity index (χ1n) is 9.44. The van der Waals surface area contributed by atoms with Crippen molar-refractivity contribution >= 4 is 5.96 Å². The fraction of sp³-hybridized carbons (Fsp3) is 0.650. The van der Waals surface area contributed by atoms with Gasteiger partial charge in [0.15, 0.2) is 17.5 Å². The Bertz CT molecular complexity index is 608. The number of fused-ring (bicyclic) bond motifs is 1. The molecular weight excluding hydrogens is 330 g/mol. The maximum Gasteiger partial charge on any atom is 0.203 e. The lowest BCUT2D eigenvalue weighted by Crippen LogP contribution is -2.39. The predicted octanol–water partition coefficient (Wildman–Crippen LogP) is 2.91. The van der Waals surface area contributed by atoms with Crippen LogP contribution in [0.5, 0.6) is 17.2 Å². The Morgan fingerprint density at radius 3 is 2.08 bits per heavy atom. The van der Waals surface area contributed by atoms with Crippen LogP contribution in [0, 0.1) is 11.8 Å². The number of nitrogens with one attached hydrogen (secondary N) is 1. The summed E-state index contributed by atoms with van der Waals surface area (Å²) in [5, 5.41) is 3.50. The van der Waals surface area contributed by atoms with Gasteiger partial charge in [0.1, 0.15) is 0 Å². The van der Waals surface area contributed by atoms with Gasteiger partial charge in [0.25, 0.3) is 0 Å². The molecule has 2 unspecified atom stereocenters. The highest BCUT2D eigenvalue weighted by atomic mass is 16.5. The highest BCUT2D eigenvalue weighted by molar-refractivity contribution is 5.80. The van der Waals surface area contributed by atoms with E-state index in [9.17, 15) is 0 Å². The summed E-state index contributed by atoms with van der Waals surface area (Å²) >= 11 is 0. The van der Waals surface area contributed by atoms with Crippen LogP contribution in [-0.4, -0.2) is 52.3 Å². The van der Waals surface area contributed by atoms with Crippen molar-refractivity contribution in [3.63, 3.8) is 0 Å². The molecule has 0 bridgehead atoms. The van der Waals surface area contributed by atoms with Crippen LogP contribution in [0.2, 0.25) is 0 Å². The molecule has 1 aliphatic heterocycles. The number of guanidine groups is 1. The van der Waals surface area contributed by atoms with E-state index >= 15 is 0 Å². The average molecular weight is 361 g/mol. The van der Waals surface area contributed by atoms with Crippen LogP contribution in [0.15, 0.2) is 17.1 Å². The second-order valence-corrected chi connectivity index (χ2v) is 7.14. The molecule has 0 spiro atoms. The Hall–Kier alpha value is -2.11. The number of rotatable bonds is 5. The maximum atomic E-state index is 5.44. The van der Waals surface area contributed by atoms with Gasteiger partial charge in [-0.05, 0) is 42.4 Å². The lowest BCUT2D eigenvalue weighted by atomic mass is 9.82. The van der Waals surface area contributed by atoms with Crippen molar-refractivity contribution in [1.29, 1.82) is 0 Å². The van der Waals surface area contributed by atoms with Crippen LogP contribution in [0.4, 0.5) is 0 Å².